The molecular weight excluding hydrogens is 498 g/mol. The van der Waals surface area contributed by atoms with Crippen molar-refractivity contribution in [2.45, 2.75) is 38.3 Å². The molecule has 0 radical (unpaired) electrons. The average molecular weight is 540 g/mol. The van der Waals surface area contributed by atoms with Crippen molar-refractivity contribution in [3.8, 4) is 11.5 Å². The maximum Gasteiger partial charge on any atom is 0.248 e. The van der Waals surface area contributed by atoms with Gasteiger partial charge in [-0.3, -0.25) is 14.5 Å². The molecule has 2 aromatic rings. The maximum absolute atomic E-state index is 12.7. The van der Waals surface area contributed by atoms with E-state index in [1.54, 1.807) is 4.90 Å². The van der Waals surface area contributed by atoms with Crippen molar-refractivity contribution in [2.75, 3.05) is 66.2 Å². The number of hydrogen-bond acceptors (Lipinski definition) is 7. The average Bonchev–Trinajstić information content (AvgIpc) is 3.25. The van der Waals surface area contributed by atoms with E-state index in [0.717, 1.165) is 42.8 Å². The van der Waals surface area contributed by atoms with Crippen molar-refractivity contribution in [1.29, 1.82) is 0 Å². The van der Waals surface area contributed by atoms with Crippen LogP contribution in [-0.2, 0) is 20.9 Å². The summed E-state index contributed by atoms with van der Waals surface area (Å²) in [5.74, 6) is 1.55. The summed E-state index contributed by atoms with van der Waals surface area (Å²) < 4.78 is 17.0. The number of aryl methyl sites for hydroxylation is 1. The highest BCUT2D eigenvalue weighted by molar-refractivity contribution is 5.78. The largest absolute Gasteiger partial charge is 0.494 e. The maximum atomic E-state index is 12.7. The molecule has 2 saturated heterocycles. The fourth-order valence-electron chi connectivity index (χ4n) is 5.13. The van der Waals surface area contributed by atoms with Crippen molar-refractivity contribution in [3.05, 3.63) is 59.7 Å². The third-order valence-electron chi connectivity index (χ3n) is 7.16. The van der Waals surface area contributed by atoms with Crippen LogP contribution in [0.2, 0.25) is 0 Å². The zero-order valence-corrected chi connectivity index (χ0v) is 23.1. The predicted molar refractivity (Wildman–Crippen MR) is 148 cm³/mol. The molecule has 0 bridgehead atoms. The molecule has 2 heterocycles. The molecule has 0 aliphatic carbocycles. The lowest BCUT2D eigenvalue weighted by Gasteiger charge is -2.33. The lowest BCUT2D eigenvalue weighted by atomic mass is 10.0. The van der Waals surface area contributed by atoms with E-state index in [2.05, 4.69) is 4.90 Å². The quantitative estimate of drug-likeness (QED) is 0.415. The van der Waals surface area contributed by atoms with Crippen LogP contribution in [0.4, 0.5) is 0 Å². The van der Waals surface area contributed by atoms with Gasteiger partial charge in [0.2, 0.25) is 11.8 Å². The first kappa shape index (κ1) is 28.9. The molecule has 1 N–H and O–H groups in total. The van der Waals surface area contributed by atoms with Gasteiger partial charge in [-0.15, -0.1) is 0 Å². The van der Waals surface area contributed by atoms with E-state index in [1.807, 2.05) is 60.4 Å². The third-order valence-corrected chi connectivity index (χ3v) is 7.16. The van der Waals surface area contributed by atoms with Crippen molar-refractivity contribution >= 4 is 11.8 Å². The normalized spacial score (nSPS) is 20.2. The van der Waals surface area contributed by atoms with Crippen LogP contribution >= 0.6 is 0 Å². The second-order valence-corrected chi connectivity index (χ2v) is 10.6. The molecule has 39 heavy (non-hydrogen) atoms. The molecule has 0 aromatic heterocycles. The van der Waals surface area contributed by atoms with Gasteiger partial charge in [0, 0.05) is 52.8 Å². The molecule has 0 spiro atoms. The molecule has 2 aromatic carbocycles. The van der Waals surface area contributed by atoms with Crippen LogP contribution in [0.1, 0.15) is 30.4 Å². The minimum Gasteiger partial charge on any atom is -0.494 e. The Morgan fingerprint density at radius 2 is 1.85 bits per heavy atom. The van der Waals surface area contributed by atoms with Gasteiger partial charge in [0.05, 0.1) is 13.2 Å². The van der Waals surface area contributed by atoms with Crippen LogP contribution in [0.3, 0.4) is 0 Å². The number of carbonyl (C=O) groups excluding carboxylic acids is 2. The SMILES string of the molecule is COCC(=O)N1CCN(Cc2cccc(OCCCN3CCCC3=O)c2)C[C@](O)(COc2ccc(C)cc2)C1. The topological polar surface area (TPSA) is 91.8 Å². The molecule has 9 nitrogen and oxygen atoms in total. The third kappa shape index (κ3) is 8.68. The summed E-state index contributed by atoms with van der Waals surface area (Å²) in [5.41, 5.74) is 0.929. The van der Waals surface area contributed by atoms with Gasteiger partial charge < -0.3 is 29.1 Å². The van der Waals surface area contributed by atoms with Crippen LogP contribution in [0.5, 0.6) is 11.5 Å². The number of methoxy groups -OCH3 is 1. The van der Waals surface area contributed by atoms with Crippen LogP contribution in [-0.4, -0.2) is 103 Å². The summed E-state index contributed by atoms with van der Waals surface area (Å²) in [6, 6.07) is 15.7. The summed E-state index contributed by atoms with van der Waals surface area (Å²) in [7, 11) is 1.50. The highest BCUT2D eigenvalue weighted by Crippen LogP contribution is 2.22. The van der Waals surface area contributed by atoms with Gasteiger partial charge in [0.1, 0.15) is 30.3 Å². The molecular formula is C30H41N3O6. The standard InChI is InChI=1S/C30H41N3O6/c1-24-9-11-26(12-10-24)39-23-30(36)21-31(15-16-33(22-30)29(35)20-37-2)19-25-6-3-7-27(18-25)38-17-5-14-32-13-4-8-28(32)34/h3,6-7,9-12,18,36H,4-5,8,13-17,19-23H2,1-2H3/t30-/m1/s1. The van der Waals surface area contributed by atoms with E-state index >= 15 is 0 Å². The zero-order valence-electron chi connectivity index (χ0n) is 23.1. The second-order valence-electron chi connectivity index (χ2n) is 10.6. The summed E-state index contributed by atoms with van der Waals surface area (Å²) in [6.45, 7) is 6.38. The second kappa shape index (κ2) is 13.8. The van der Waals surface area contributed by atoms with E-state index in [0.29, 0.717) is 45.0 Å². The molecule has 0 unspecified atom stereocenters. The lowest BCUT2D eigenvalue weighted by Crippen LogP contribution is -2.52. The van der Waals surface area contributed by atoms with Gasteiger partial charge in [-0.05, 0) is 49.6 Å². The van der Waals surface area contributed by atoms with Gasteiger partial charge >= 0.3 is 0 Å². The molecule has 9 heteroatoms. The smallest absolute Gasteiger partial charge is 0.248 e. The first-order chi connectivity index (χ1) is 18.8. The minimum atomic E-state index is -1.26. The van der Waals surface area contributed by atoms with Gasteiger partial charge in [-0.25, -0.2) is 0 Å². The monoisotopic (exact) mass is 539 g/mol. The number of nitrogens with zero attached hydrogens (tertiary/aromatic N) is 3. The Hall–Kier alpha value is -3.14. The van der Waals surface area contributed by atoms with Crippen LogP contribution in [0.25, 0.3) is 0 Å². The number of amides is 2. The molecule has 0 saturated carbocycles. The minimum absolute atomic E-state index is 0.0276. The number of β-amino-alcohol motifs (C(OH)–C–C–N with tert-alkyl or cyclic N) is 1. The predicted octanol–water partition coefficient (Wildman–Crippen LogP) is 2.49. The van der Waals surface area contributed by atoms with Crippen LogP contribution in [0, 0.1) is 6.92 Å². The van der Waals surface area contributed by atoms with Gasteiger partial charge in [0.15, 0.2) is 0 Å². The van der Waals surface area contributed by atoms with Crippen molar-refractivity contribution < 1.29 is 28.9 Å². The fraction of sp³-hybridized carbons (Fsp3) is 0.533. The van der Waals surface area contributed by atoms with Gasteiger partial charge in [-0.2, -0.15) is 0 Å². The van der Waals surface area contributed by atoms with Crippen LogP contribution < -0.4 is 9.47 Å². The molecule has 2 aliphatic heterocycles. The van der Waals surface area contributed by atoms with Gasteiger partial charge in [-0.1, -0.05) is 29.8 Å². The highest BCUT2D eigenvalue weighted by atomic mass is 16.5. The number of ether oxygens (including phenoxy) is 3. The lowest BCUT2D eigenvalue weighted by molar-refractivity contribution is -0.138. The summed E-state index contributed by atoms with van der Waals surface area (Å²) >= 11 is 0. The van der Waals surface area contributed by atoms with Crippen molar-refractivity contribution in [3.63, 3.8) is 0 Å². The van der Waals surface area contributed by atoms with E-state index in [9.17, 15) is 14.7 Å². The molecule has 4 rings (SSSR count). The number of rotatable bonds is 12. The summed E-state index contributed by atoms with van der Waals surface area (Å²) in [6.07, 6.45) is 2.40. The van der Waals surface area contributed by atoms with Crippen molar-refractivity contribution in [1.82, 2.24) is 14.7 Å². The first-order valence-corrected chi connectivity index (χ1v) is 13.7. The molecule has 1 atom stereocenters. The molecule has 2 fully saturated rings. The Bertz CT molecular complexity index is 1090. The molecule has 212 valence electrons. The molecule has 2 aliphatic rings. The van der Waals surface area contributed by atoms with E-state index in [-0.39, 0.29) is 31.6 Å². The summed E-state index contributed by atoms with van der Waals surface area (Å²) in [4.78, 5) is 30.2. The summed E-state index contributed by atoms with van der Waals surface area (Å²) in [5, 5.41) is 11.7. The number of carbonyl (C=O) groups is 2. The number of aliphatic hydroxyl groups is 1. The van der Waals surface area contributed by atoms with Crippen molar-refractivity contribution in [2.24, 2.45) is 0 Å². The highest BCUT2D eigenvalue weighted by Gasteiger charge is 2.37. The van der Waals surface area contributed by atoms with Crippen LogP contribution in [0.15, 0.2) is 48.5 Å². The van der Waals surface area contributed by atoms with E-state index in [1.165, 1.54) is 7.11 Å². The Labute approximate surface area is 231 Å². The van der Waals surface area contributed by atoms with E-state index < -0.39 is 5.60 Å². The van der Waals surface area contributed by atoms with Gasteiger partial charge in [0.25, 0.3) is 0 Å². The fourth-order valence-corrected chi connectivity index (χ4v) is 5.13. The Morgan fingerprint density at radius 3 is 2.59 bits per heavy atom. The Balaban J connectivity index is 1.37. The number of likely N-dealkylation sites (tertiary alicyclic amines) is 1. The number of hydrogen-bond donors (Lipinski definition) is 1. The first-order valence-electron chi connectivity index (χ1n) is 13.7. The Kier molecular flexibility index (Phi) is 10.2. The number of benzene rings is 2. The zero-order chi connectivity index (χ0) is 27.7. The Morgan fingerprint density at radius 1 is 1.03 bits per heavy atom. The molecule has 2 amide bonds. The van der Waals surface area contributed by atoms with E-state index in [4.69, 9.17) is 14.2 Å².